The number of rotatable bonds is 2. The van der Waals surface area contributed by atoms with Crippen LogP contribution in [0.15, 0.2) is 0 Å². The highest BCUT2D eigenvalue weighted by Crippen LogP contribution is 2.17. The van der Waals surface area contributed by atoms with Crippen molar-refractivity contribution in [2.75, 3.05) is 40.3 Å². The lowest BCUT2D eigenvalue weighted by Gasteiger charge is -2.28. The molecule has 2 aliphatic heterocycles. The van der Waals surface area contributed by atoms with Gasteiger partial charge in [0.05, 0.1) is 6.42 Å². The molecule has 0 aliphatic carbocycles. The van der Waals surface area contributed by atoms with Crippen LogP contribution in [0.25, 0.3) is 0 Å². The molecule has 0 saturated carbocycles. The molecule has 0 aromatic heterocycles. The highest BCUT2D eigenvalue weighted by molar-refractivity contribution is 6.05. The number of hydrogen-bond acceptors (Lipinski definition) is 5. The molecular formula is C12H20N4O5. The molecule has 0 spiro atoms. The number of urea groups is 1. The minimum Gasteiger partial charge on any atom is -0.483 e. The van der Waals surface area contributed by atoms with E-state index in [1.807, 2.05) is 0 Å². The van der Waals surface area contributed by atoms with Gasteiger partial charge in [-0.2, -0.15) is 0 Å². The van der Waals surface area contributed by atoms with Gasteiger partial charge in [-0.25, -0.2) is 4.79 Å². The second kappa shape index (κ2) is 7.58. The van der Waals surface area contributed by atoms with E-state index in [0.717, 1.165) is 18.0 Å². The Morgan fingerprint density at radius 3 is 2.29 bits per heavy atom. The van der Waals surface area contributed by atoms with Crippen LogP contribution in [-0.2, 0) is 14.4 Å². The standard InChI is InChI=1S/C11H18N4O3.CH2O2/c1-13-8(10(17)14(2)11(13)18)7-9(16)15-5-3-12-4-6-15;2-1-3/h8,12H,3-7H2,1-2H3;1H,(H,2,3). The number of carbonyl (C=O) groups is 4. The average Bonchev–Trinajstić information content (AvgIpc) is 2.67. The predicted octanol–water partition coefficient (Wildman–Crippen LogP) is -1.60. The fraction of sp³-hybridized carbons (Fsp3) is 0.667. The number of carboxylic acid groups (broad SMARTS) is 1. The third-order valence-corrected chi connectivity index (χ3v) is 3.51. The Hall–Kier alpha value is -2.16. The summed E-state index contributed by atoms with van der Waals surface area (Å²) in [7, 11) is 3.00. The molecule has 2 saturated heterocycles. The van der Waals surface area contributed by atoms with Crippen molar-refractivity contribution in [3.8, 4) is 0 Å². The van der Waals surface area contributed by atoms with E-state index >= 15 is 0 Å². The van der Waals surface area contributed by atoms with Crippen LogP contribution in [-0.4, -0.2) is 90.4 Å². The first-order chi connectivity index (χ1) is 9.93. The molecule has 2 heterocycles. The molecule has 0 bridgehead atoms. The minimum absolute atomic E-state index is 0.0650. The Morgan fingerprint density at radius 2 is 1.86 bits per heavy atom. The second-order valence-electron chi connectivity index (χ2n) is 4.75. The fourth-order valence-electron chi connectivity index (χ4n) is 2.29. The molecule has 0 radical (unpaired) electrons. The van der Waals surface area contributed by atoms with E-state index in [0.29, 0.717) is 13.1 Å². The molecule has 9 nitrogen and oxygen atoms in total. The van der Waals surface area contributed by atoms with E-state index in [1.54, 1.807) is 11.9 Å². The van der Waals surface area contributed by atoms with Crippen molar-refractivity contribution < 1.29 is 24.3 Å². The molecule has 1 unspecified atom stereocenters. The number of nitrogens with one attached hydrogen (secondary N) is 1. The number of likely N-dealkylation sites (N-methyl/N-ethyl adjacent to an activating group) is 2. The van der Waals surface area contributed by atoms with Gasteiger partial charge < -0.3 is 20.2 Å². The topological polar surface area (TPSA) is 110 Å². The third-order valence-electron chi connectivity index (χ3n) is 3.51. The zero-order valence-corrected chi connectivity index (χ0v) is 12.1. The van der Waals surface area contributed by atoms with Gasteiger partial charge in [0.25, 0.3) is 12.4 Å². The maximum atomic E-state index is 12.0. The Morgan fingerprint density at radius 1 is 1.33 bits per heavy atom. The highest BCUT2D eigenvalue weighted by Gasteiger charge is 2.42. The van der Waals surface area contributed by atoms with Gasteiger partial charge >= 0.3 is 6.03 Å². The molecule has 1 atom stereocenters. The number of imide groups is 1. The normalized spacial score (nSPS) is 22.0. The lowest BCUT2D eigenvalue weighted by atomic mass is 10.1. The van der Waals surface area contributed by atoms with Crippen LogP contribution in [0, 0.1) is 0 Å². The van der Waals surface area contributed by atoms with Crippen molar-refractivity contribution in [1.29, 1.82) is 0 Å². The molecule has 2 N–H and O–H groups in total. The van der Waals surface area contributed by atoms with E-state index in [4.69, 9.17) is 9.90 Å². The lowest BCUT2D eigenvalue weighted by Crippen LogP contribution is -2.48. The summed E-state index contributed by atoms with van der Waals surface area (Å²) in [5.74, 6) is -0.365. The van der Waals surface area contributed by atoms with Crippen molar-refractivity contribution >= 4 is 24.3 Å². The van der Waals surface area contributed by atoms with Gasteiger partial charge in [0.15, 0.2) is 0 Å². The van der Waals surface area contributed by atoms with Crippen molar-refractivity contribution in [1.82, 2.24) is 20.0 Å². The third kappa shape index (κ3) is 3.91. The van der Waals surface area contributed by atoms with E-state index in [9.17, 15) is 14.4 Å². The Bertz CT molecular complexity index is 422. The van der Waals surface area contributed by atoms with Gasteiger partial charge in [0.1, 0.15) is 6.04 Å². The van der Waals surface area contributed by atoms with E-state index < -0.39 is 6.04 Å². The maximum absolute atomic E-state index is 12.0. The number of carbonyl (C=O) groups excluding carboxylic acids is 3. The summed E-state index contributed by atoms with van der Waals surface area (Å²) in [6.45, 7) is 2.62. The highest BCUT2D eigenvalue weighted by atomic mass is 16.3. The van der Waals surface area contributed by atoms with Crippen LogP contribution >= 0.6 is 0 Å². The maximum Gasteiger partial charge on any atom is 0.326 e. The van der Waals surface area contributed by atoms with Gasteiger partial charge in [-0.3, -0.25) is 19.3 Å². The van der Waals surface area contributed by atoms with Crippen LogP contribution in [0.3, 0.4) is 0 Å². The zero-order chi connectivity index (χ0) is 16.0. The smallest absolute Gasteiger partial charge is 0.326 e. The van der Waals surface area contributed by atoms with Crippen molar-refractivity contribution in [3.05, 3.63) is 0 Å². The first-order valence-electron chi connectivity index (χ1n) is 6.54. The van der Waals surface area contributed by atoms with Gasteiger partial charge in [-0.05, 0) is 0 Å². The number of hydrogen-bond donors (Lipinski definition) is 2. The van der Waals surface area contributed by atoms with Crippen LogP contribution in [0.5, 0.6) is 0 Å². The number of amides is 4. The fourth-order valence-corrected chi connectivity index (χ4v) is 2.29. The Kier molecular flexibility index (Phi) is 6.10. The Balaban J connectivity index is 0.000000677. The SMILES string of the molecule is CN1C(=O)C(CC(=O)N2CCNCC2)N(C)C1=O.O=CO. The first kappa shape index (κ1) is 16.9. The molecule has 2 aliphatic rings. The van der Waals surface area contributed by atoms with E-state index in [-0.39, 0.29) is 30.7 Å². The summed E-state index contributed by atoms with van der Waals surface area (Å²) in [5, 5.41) is 10.1. The average molecular weight is 300 g/mol. The summed E-state index contributed by atoms with van der Waals surface area (Å²) in [5.41, 5.74) is 0. The van der Waals surface area contributed by atoms with Gasteiger partial charge in [-0.1, -0.05) is 0 Å². The molecule has 21 heavy (non-hydrogen) atoms. The zero-order valence-electron chi connectivity index (χ0n) is 12.1. The summed E-state index contributed by atoms with van der Waals surface area (Å²) >= 11 is 0. The molecule has 9 heteroatoms. The summed E-state index contributed by atoms with van der Waals surface area (Å²) in [6, 6.07) is -0.997. The second-order valence-corrected chi connectivity index (χ2v) is 4.75. The van der Waals surface area contributed by atoms with Crippen LogP contribution in [0.2, 0.25) is 0 Å². The minimum atomic E-state index is -0.648. The molecule has 2 fully saturated rings. The van der Waals surface area contributed by atoms with Gasteiger partial charge in [0.2, 0.25) is 5.91 Å². The summed E-state index contributed by atoms with van der Waals surface area (Å²) < 4.78 is 0. The monoisotopic (exact) mass is 300 g/mol. The van der Waals surface area contributed by atoms with Gasteiger partial charge in [0, 0.05) is 40.3 Å². The van der Waals surface area contributed by atoms with Crippen molar-refractivity contribution in [2.45, 2.75) is 12.5 Å². The number of nitrogens with zero attached hydrogens (tertiary/aromatic N) is 3. The van der Waals surface area contributed by atoms with Crippen molar-refractivity contribution in [3.63, 3.8) is 0 Å². The predicted molar refractivity (Wildman–Crippen MR) is 72.5 cm³/mol. The molecule has 0 aromatic carbocycles. The first-order valence-corrected chi connectivity index (χ1v) is 6.54. The van der Waals surface area contributed by atoms with Crippen LogP contribution in [0.1, 0.15) is 6.42 Å². The molecule has 118 valence electrons. The molecule has 0 aromatic rings. The quantitative estimate of drug-likeness (QED) is 0.469. The van der Waals surface area contributed by atoms with E-state index in [1.165, 1.54) is 11.9 Å². The van der Waals surface area contributed by atoms with Gasteiger partial charge in [-0.15, -0.1) is 0 Å². The Labute approximate surface area is 122 Å². The molecular weight excluding hydrogens is 280 g/mol. The summed E-state index contributed by atoms with van der Waals surface area (Å²) in [4.78, 5) is 48.0. The van der Waals surface area contributed by atoms with Crippen LogP contribution < -0.4 is 5.32 Å². The molecule has 2 rings (SSSR count). The number of piperazine rings is 1. The summed E-state index contributed by atoms with van der Waals surface area (Å²) in [6.07, 6.45) is 0.0748. The molecule has 4 amide bonds. The largest absolute Gasteiger partial charge is 0.483 e. The van der Waals surface area contributed by atoms with E-state index in [2.05, 4.69) is 5.32 Å². The lowest BCUT2D eigenvalue weighted by molar-refractivity contribution is -0.136. The van der Waals surface area contributed by atoms with Crippen LogP contribution in [0.4, 0.5) is 4.79 Å². The van der Waals surface area contributed by atoms with Crippen molar-refractivity contribution in [2.24, 2.45) is 0 Å².